The van der Waals surface area contributed by atoms with E-state index >= 15 is 0 Å². The van der Waals surface area contributed by atoms with E-state index in [-0.39, 0.29) is 0 Å². The number of amides is 2. The molecule has 0 bridgehead atoms. The third-order valence-electron chi connectivity index (χ3n) is 5.12. The molecule has 6 nitrogen and oxygen atoms in total. The topological polar surface area (TPSA) is 70.7 Å². The van der Waals surface area contributed by atoms with Gasteiger partial charge in [-0.3, -0.25) is 14.5 Å². The summed E-state index contributed by atoms with van der Waals surface area (Å²) in [5.41, 5.74) is 1.68. The molecule has 2 N–H and O–H groups in total. The molecule has 2 aromatic rings. The molecule has 7 heteroatoms. The summed E-state index contributed by atoms with van der Waals surface area (Å²) >= 11 is 5.95. The van der Waals surface area contributed by atoms with Crippen LogP contribution >= 0.6 is 11.6 Å². The number of methoxy groups -OCH3 is 1. The zero-order chi connectivity index (χ0) is 20.6. The Morgan fingerprint density at radius 1 is 1.10 bits per heavy atom. The Hall–Kier alpha value is -2.57. The minimum atomic E-state index is -0.730. The smallest absolute Gasteiger partial charge is 0.313 e. The summed E-state index contributed by atoms with van der Waals surface area (Å²) in [5, 5.41) is 5.75. The van der Waals surface area contributed by atoms with Gasteiger partial charge in [-0.15, -0.1) is 0 Å². The summed E-state index contributed by atoms with van der Waals surface area (Å²) in [4.78, 5) is 26.8. The highest BCUT2D eigenvalue weighted by Gasteiger charge is 2.22. The quantitative estimate of drug-likeness (QED) is 0.710. The molecule has 1 fully saturated rings. The number of benzene rings is 2. The third kappa shape index (κ3) is 6.21. The van der Waals surface area contributed by atoms with Gasteiger partial charge in [0.15, 0.2) is 0 Å². The Labute approximate surface area is 176 Å². The zero-order valence-corrected chi connectivity index (χ0v) is 17.2. The van der Waals surface area contributed by atoms with Crippen molar-refractivity contribution in [3.63, 3.8) is 0 Å². The van der Waals surface area contributed by atoms with Gasteiger partial charge in [-0.25, -0.2) is 0 Å². The fourth-order valence-corrected chi connectivity index (χ4v) is 3.64. The number of nitrogens with one attached hydrogen (secondary N) is 2. The number of hydrogen-bond acceptors (Lipinski definition) is 4. The van der Waals surface area contributed by atoms with Crippen molar-refractivity contribution in [3.8, 4) is 5.75 Å². The summed E-state index contributed by atoms with van der Waals surface area (Å²) in [6.45, 7) is 3.42. The number of piperidine rings is 1. The number of carbonyl (C=O) groups is 2. The Morgan fingerprint density at radius 3 is 2.52 bits per heavy atom. The van der Waals surface area contributed by atoms with E-state index in [2.05, 4.69) is 39.8 Å². The van der Waals surface area contributed by atoms with Crippen LogP contribution in [0.15, 0.2) is 48.5 Å². The van der Waals surface area contributed by atoms with Crippen LogP contribution in [0.2, 0.25) is 5.02 Å². The van der Waals surface area contributed by atoms with Gasteiger partial charge in [-0.2, -0.15) is 0 Å². The predicted octanol–water partition coefficient (Wildman–Crippen LogP) is 3.32. The van der Waals surface area contributed by atoms with E-state index < -0.39 is 11.8 Å². The first kappa shape index (κ1) is 21.1. The summed E-state index contributed by atoms with van der Waals surface area (Å²) in [6.07, 6.45) is 1.99. The second-order valence-electron chi connectivity index (χ2n) is 7.21. The van der Waals surface area contributed by atoms with Crippen molar-refractivity contribution >= 4 is 29.1 Å². The molecular formula is C22H26ClN3O3. The lowest BCUT2D eigenvalue weighted by molar-refractivity contribution is -0.136. The second-order valence-corrected chi connectivity index (χ2v) is 7.65. The molecular weight excluding hydrogens is 390 g/mol. The number of hydrogen-bond donors (Lipinski definition) is 2. The van der Waals surface area contributed by atoms with Crippen molar-refractivity contribution in [1.82, 2.24) is 10.2 Å². The molecule has 2 aromatic carbocycles. The highest BCUT2D eigenvalue weighted by atomic mass is 35.5. The molecule has 0 aliphatic carbocycles. The molecule has 0 radical (unpaired) electrons. The summed E-state index contributed by atoms with van der Waals surface area (Å²) in [7, 11) is 1.49. The molecule has 1 aliphatic heterocycles. The largest absolute Gasteiger partial charge is 0.495 e. The minimum absolute atomic E-state index is 0.370. The van der Waals surface area contributed by atoms with Gasteiger partial charge < -0.3 is 15.4 Å². The first-order chi connectivity index (χ1) is 14.0. The van der Waals surface area contributed by atoms with Gasteiger partial charge in [0.25, 0.3) is 0 Å². The van der Waals surface area contributed by atoms with E-state index in [1.54, 1.807) is 18.2 Å². The van der Waals surface area contributed by atoms with Crippen molar-refractivity contribution in [2.24, 2.45) is 5.92 Å². The van der Waals surface area contributed by atoms with Gasteiger partial charge in [0.05, 0.1) is 12.8 Å². The SMILES string of the molecule is COc1ccc(Cl)cc1NC(=O)C(=O)NCC1CCN(Cc2ccccc2)CC1. The number of carbonyl (C=O) groups excluding carboxylic acids is 2. The molecule has 1 aliphatic rings. The molecule has 0 aromatic heterocycles. The lowest BCUT2D eigenvalue weighted by atomic mass is 9.96. The fourth-order valence-electron chi connectivity index (χ4n) is 3.46. The molecule has 154 valence electrons. The van der Waals surface area contributed by atoms with Crippen LogP contribution in [0.1, 0.15) is 18.4 Å². The van der Waals surface area contributed by atoms with Crippen LogP contribution in [0.5, 0.6) is 5.75 Å². The van der Waals surface area contributed by atoms with Gasteiger partial charge >= 0.3 is 11.8 Å². The molecule has 0 atom stereocenters. The molecule has 1 saturated heterocycles. The lowest BCUT2D eigenvalue weighted by Gasteiger charge is -2.32. The number of halogens is 1. The van der Waals surface area contributed by atoms with Crippen LogP contribution in [0, 0.1) is 5.92 Å². The Morgan fingerprint density at radius 2 is 1.83 bits per heavy atom. The molecule has 29 heavy (non-hydrogen) atoms. The van der Waals surface area contributed by atoms with Crippen molar-refractivity contribution < 1.29 is 14.3 Å². The van der Waals surface area contributed by atoms with E-state index in [9.17, 15) is 9.59 Å². The molecule has 2 amide bonds. The van der Waals surface area contributed by atoms with Crippen molar-refractivity contribution in [1.29, 1.82) is 0 Å². The number of ether oxygens (including phenoxy) is 1. The number of anilines is 1. The Balaban J connectivity index is 1.42. The fraction of sp³-hybridized carbons (Fsp3) is 0.364. The average molecular weight is 416 g/mol. The van der Waals surface area contributed by atoms with Gasteiger partial charge in [0.2, 0.25) is 0 Å². The first-order valence-corrected chi connectivity index (χ1v) is 10.1. The van der Waals surface area contributed by atoms with Crippen LogP contribution in [-0.4, -0.2) is 43.5 Å². The van der Waals surface area contributed by atoms with Gasteiger partial charge in [0.1, 0.15) is 5.75 Å². The van der Waals surface area contributed by atoms with E-state index in [4.69, 9.17) is 16.3 Å². The number of likely N-dealkylation sites (tertiary alicyclic amines) is 1. The monoisotopic (exact) mass is 415 g/mol. The van der Waals surface area contributed by atoms with Gasteiger partial charge in [-0.1, -0.05) is 41.9 Å². The predicted molar refractivity (Wildman–Crippen MR) is 114 cm³/mol. The molecule has 0 spiro atoms. The molecule has 0 unspecified atom stereocenters. The molecule has 1 heterocycles. The summed E-state index contributed by atoms with van der Waals surface area (Å²) in [5.74, 6) is -0.563. The zero-order valence-electron chi connectivity index (χ0n) is 16.5. The van der Waals surface area contributed by atoms with Crippen molar-refractivity contribution in [2.45, 2.75) is 19.4 Å². The van der Waals surface area contributed by atoms with E-state index in [1.165, 1.54) is 12.7 Å². The maximum absolute atomic E-state index is 12.2. The molecule has 3 rings (SSSR count). The van der Waals surface area contributed by atoms with Crippen LogP contribution in [-0.2, 0) is 16.1 Å². The maximum atomic E-state index is 12.2. The first-order valence-electron chi connectivity index (χ1n) is 9.74. The lowest BCUT2D eigenvalue weighted by Crippen LogP contribution is -2.41. The molecule has 0 saturated carbocycles. The second kappa shape index (κ2) is 10.3. The number of nitrogens with zero attached hydrogens (tertiary/aromatic N) is 1. The minimum Gasteiger partial charge on any atom is -0.495 e. The van der Waals surface area contributed by atoms with E-state index in [1.807, 2.05) is 6.07 Å². The standard InChI is InChI=1S/C22H26ClN3O3/c1-29-20-8-7-18(23)13-19(20)25-22(28)21(27)24-14-16-9-11-26(12-10-16)15-17-5-3-2-4-6-17/h2-8,13,16H,9-12,14-15H2,1H3,(H,24,27)(H,25,28). The van der Waals surface area contributed by atoms with Crippen LogP contribution in [0.3, 0.4) is 0 Å². The summed E-state index contributed by atoms with van der Waals surface area (Å²) < 4.78 is 5.18. The van der Waals surface area contributed by atoms with Crippen LogP contribution in [0.4, 0.5) is 5.69 Å². The normalized spacial score (nSPS) is 15.0. The van der Waals surface area contributed by atoms with Crippen molar-refractivity contribution in [2.75, 3.05) is 32.1 Å². The van der Waals surface area contributed by atoms with Crippen molar-refractivity contribution in [3.05, 3.63) is 59.1 Å². The Bertz CT molecular complexity index is 836. The van der Waals surface area contributed by atoms with E-state index in [0.717, 1.165) is 32.5 Å². The van der Waals surface area contributed by atoms with Crippen LogP contribution < -0.4 is 15.4 Å². The maximum Gasteiger partial charge on any atom is 0.313 e. The average Bonchev–Trinajstić information content (AvgIpc) is 2.74. The van der Waals surface area contributed by atoms with Gasteiger partial charge in [-0.05, 0) is 55.6 Å². The van der Waals surface area contributed by atoms with E-state index in [0.29, 0.717) is 28.9 Å². The number of rotatable bonds is 6. The van der Waals surface area contributed by atoms with Gasteiger partial charge in [0, 0.05) is 18.1 Å². The summed E-state index contributed by atoms with van der Waals surface area (Å²) in [6, 6.07) is 15.3. The third-order valence-corrected chi connectivity index (χ3v) is 5.36. The van der Waals surface area contributed by atoms with Crippen LogP contribution in [0.25, 0.3) is 0 Å². The Kier molecular flexibility index (Phi) is 7.49. The highest BCUT2D eigenvalue weighted by Crippen LogP contribution is 2.27. The highest BCUT2D eigenvalue weighted by molar-refractivity contribution is 6.40.